The monoisotopic (exact) mass is 278 g/mol. The van der Waals surface area contributed by atoms with Gasteiger partial charge in [-0.2, -0.15) is 0 Å². The Morgan fingerprint density at radius 3 is 2.25 bits per heavy atom. The van der Waals surface area contributed by atoms with E-state index < -0.39 is 6.03 Å². The van der Waals surface area contributed by atoms with Crippen molar-refractivity contribution in [1.82, 2.24) is 10.6 Å². The molecule has 0 aliphatic rings. The fourth-order valence-corrected chi connectivity index (χ4v) is 1.58. The van der Waals surface area contributed by atoms with Gasteiger partial charge in [-0.05, 0) is 38.5 Å². The van der Waals surface area contributed by atoms with Crippen LogP contribution in [0.2, 0.25) is 0 Å². The quantitative estimate of drug-likeness (QED) is 0.654. The highest BCUT2D eigenvalue weighted by atomic mass is 16.2. The van der Waals surface area contributed by atoms with Crippen molar-refractivity contribution in [3.63, 3.8) is 0 Å². The van der Waals surface area contributed by atoms with Crippen LogP contribution in [0.25, 0.3) is 0 Å². The molecule has 0 aromatic heterocycles. The maximum atomic E-state index is 11.6. The van der Waals surface area contributed by atoms with Gasteiger partial charge >= 0.3 is 6.03 Å². The molecule has 0 heterocycles. The van der Waals surface area contributed by atoms with Crippen LogP contribution < -0.4 is 21.7 Å². The largest absolute Gasteiger partial charge is 0.352 e. The smallest absolute Gasteiger partial charge is 0.319 e. The maximum Gasteiger partial charge on any atom is 0.319 e. The van der Waals surface area contributed by atoms with Gasteiger partial charge in [0.2, 0.25) is 5.91 Å². The van der Waals surface area contributed by atoms with Crippen LogP contribution in [-0.2, 0) is 4.79 Å². The maximum absolute atomic E-state index is 11.6. The van der Waals surface area contributed by atoms with E-state index in [2.05, 4.69) is 16.0 Å². The van der Waals surface area contributed by atoms with Crippen LogP contribution in [-0.4, -0.2) is 24.5 Å². The lowest BCUT2D eigenvalue weighted by Gasteiger charge is -2.11. The van der Waals surface area contributed by atoms with Crippen LogP contribution in [0.1, 0.15) is 32.4 Å². The van der Waals surface area contributed by atoms with E-state index in [-0.39, 0.29) is 24.5 Å². The van der Waals surface area contributed by atoms with Gasteiger partial charge in [0.25, 0.3) is 0 Å². The molecule has 0 radical (unpaired) electrons. The Morgan fingerprint density at radius 2 is 1.75 bits per heavy atom. The number of carbonyl (C=O) groups is 2. The second kappa shape index (κ2) is 7.49. The third kappa shape index (κ3) is 5.71. The highest BCUT2D eigenvalue weighted by Gasteiger charge is 2.07. The van der Waals surface area contributed by atoms with Crippen LogP contribution in [0, 0.1) is 0 Å². The molecule has 1 atom stereocenters. The first-order chi connectivity index (χ1) is 9.38. The molecule has 1 aromatic rings. The number of benzene rings is 1. The Kier molecular flexibility index (Phi) is 5.99. The fraction of sp³-hybridized carbons (Fsp3) is 0.429. The Morgan fingerprint density at radius 1 is 1.15 bits per heavy atom. The third-order valence-corrected chi connectivity index (χ3v) is 2.55. The zero-order valence-corrected chi connectivity index (χ0v) is 12.1. The number of hydrogen-bond acceptors (Lipinski definition) is 3. The molecule has 0 bridgehead atoms. The van der Waals surface area contributed by atoms with Crippen LogP contribution >= 0.6 is 0 Å². The van der Waals surface area contributed by atoms with Gasteiger partial charge in [-0.1, -0.05) is 12.1 Å². The minimum Gasteiger partial charge on any atom is -0.352 e. The third-order valence-electron chi connectivity index (χ3n) is 2.55. The first-order valence-electron chi connectivity index (χ1n) is 6.58. The number of nitrogens with one attached hydrogen (secondary N) is 3. The van der Waals surface area contributed by atoms with Crippen LogP contribution in [0.3, 0.4) is 0 Å². The lowest BCUT2D eigenvalue weighted by Crippen LogP contribution is -2.41. The van der Waals surface area contributed by atoms with Crippen LogP contribution in [0.4, 0.5) is 10.5 Å². The second-order valence-electron chi connectivity index (χ2n) is 4.94. The van der Waals surface area contributed by atoms with E-state index >= 15 is 0 Å². The molecule has 6 nitrogen and oxygen atoms in total. The highest BCUT2D eigenvalue weighted by molar-refractivity contribution is 5.92. The second-order valence-corrected chi connectivity index (χ2v) is 4.94. The molecule has 1 aromatic carbocycles. The summed E-state index contributed by atoms with van der Waals surface area (Å²) in [5.41, 5.74) is 7.38. The van der Waals surface area contributed by atoms with Crippen LogP contribution in [0.5, 0.6) is 0 Å². The van der Waals surface area contributed by atoms with E-state index in [9.17, 15) is 9.59 Å². The molecule has 0 aliphatic heterocycles. The van der Waals surface area contributed by atoms with E-state index in [1.165, 1.54) is 0 Å². The molecule has 6 heteroatoms. The summed E-state index contributed by atoms with van der Waals surface area (Å²) in [7, 11) is 0. The van der Waals surface area contributed by atoms with Gasteiger partial charge in [0, 0.05) is 17.8 Å². The summed E-state index contributed by atoms with van der Waals surface area (Å²) in [5, 5.41) is 7.82. The molecular formula is C14H22N4O2. The van der Waals surface area contributed by atoms with E-state index in [0.717, 1.165) is 5.56 Å². The number of anilines is 1. The number of carbonyl (C=O) groups excluding carboxylic acids is 2. The molecule has 5 N–H and O–H groups in total. The summed E-state index contributed by atoms with van der Waals surface area (Å²) in [6, 6.07) is 6.84. The molecule has 0 saturated carbocycles. The molecule has 20 heavy (non-hydrogen) atoms. The van der Waals surface area contributed by atoms with Gasteiger partial charge in [0.1, 0.15) is 0 Å². The van der Waals surface area contributed by atoms with Crippen molar-refractivity contribution in [2.24, 2.45) is 5.73 Å². The molecule has 3 amide bonds. The predicted octanol–water partition coefficient (Wildman–Crippen LogP) is 1.35. The van der Waals surface area contributed by atoms with Crippen molar-refractivity contribution < 1.29 is 9.59 Å². The number of amides is 3. The fourth-order valence-electron chi connectivity index (χ4n) is 1.58. The molecule has 0 spiro atoms. The lowest BCUT2D eigenvalue weighted by molar-refractivity contribution is -0.120. The minimum absolute atomic E-state index is 0.0439. The summed E-state index contributed by atoms with van der Waals surface area (Å²) < 4.78 is 0. The van der Waals surface area contributed by atoms with Gasteiger partial charge < -0.3 is 21.7 Å². The van der Waals surface area contributed by atoms with Gasteiger partial charge in [0.15, 0.2) is 0 Å². The summed E-state index contributed by atoms with van der Waals surface area (Å²) >= 11 is 0. The molecular weight excluding hydrogens is 256 g/mol. The number of hydrogen-bond donors (Lipinski definition) is 4. The number of rotatable bonds is 5. The standard InChI is InChI=1S/C14H22N4O2/c1-9(2)17-13(19)8-16-14(20)18-12-6-4-11(5-7-12)10(3)15/h4-7,9-10H,8,15H2,1-3H3,(H,17,19)(H2,16,18,20). The molecule has 1 unspecified atom stereocenters. The first kappa shape index (κ1) is 16.0. The van der Waals surface area contributed by atoms with Gasteiger partial charge in [-0.25, -0.2) is 4.79 Å². The molecule has 0 aliphatic carbocycles. The number of urea groups is 1. The Bertz CT molecular complexity index is 455. The van der Waals surface area contributed by atoms with Gasteiger partial charge in [0.05, 0.1) is 6.54 Å². The average Bonchev–Trinajstić information content (AvgIpc) is 2.36. The molecule has 0 fully saturated rings. The zero-order chi connectivity index (χ0) is 15.1. The Balaban J connectivity index is 2.40. The summed E-state index contributed by atoms with van der Waals surface area (Å²) in [6.07, 6.45) is 0. The zero-order valence-electron chi connectivity index (χ0n) is 12.1. The number of nitrogens with two attached hydrogens (primary N) is 1. The van der Waals surface area contributed by atoms with Gasteiger partial charge in [-0.15, -0.1) is 0 Å². The van der Waals surface area contributed by atoms with E-state index in [1.54, 1.807) is 12.1 Å². The average molecular weight is 278 g/mol. The van der Waals surface area contributed by atoms with Crippen molar-refractivity contribution in [1.29, 1.82) is 0 Å². The van der Waals surface area contributed by atoms with Crippen molar-refractivity contribution >= 4 is 17.6 Å². The summed E-state index contributed by atoms with van der Waals surface area (Å²) in [5.74, 6) is -0.220. The molecule has 0 saturated heterocycles. The van der Waals surface area contributed by atoms with Gasteiger partial charge in [-0.3, -0.25) is 4.79 Å². The lowest BCUT2D eigenvalue weighted by atomic mass is 10.1. The van der Waals surface area contributed by atoms with E-state index in [4.69, 9.17) is 5.73 Å². The highest BCUT2D eigenvalue weighted by Crippen LogP contribution is 2.13. The summed E-state index contributed by atoms with van der Waals surface area (Å²) in [6.45, 7) is 5.56. The molecule has 1 rings (SSSR count). The van der Waals surface area contributed by atoms with E-state index in [0.29, 0.717) is 5.69 Å². The SMILES string of the molecule is CC(C)NC(=O)CNC(=O)Nc1ccc(C(C)N)cc1. The summed E-state index contributed by atoms with van der Waals surface area (Å²) in [4.78, 5) is 23.0. The molecule has 110 valence electrons. The minimum atomic E-state index is -0.419. The van der Waals surface area contributed by atoms with Crippen molar-refractivity contribution in [3.05, 3.63) is 29.8 Å². The normalized spacial score (nSPS) is 11.8. The Hall–Kier alpha value is -2.08. The van der Waals surface area contributed by atoms with Crippen molar-refractivity contribution in [3.8, 4) is 0 Å². The topological polar surface area (TPSA) is 96.2 Å². The van der Waals surface area contributed by atoms with E-state index in [1.807, 2.05) is 32.9 Å². The first-order valence-corrected chi connectivity index (χ1v) is 6.58. The van der Waals surface area contributed by atoms with Crippen molar-refractivity contribution in [2.45, 2.75) is 32.9 Å². The van der Waals surface area contributed by atoms with Crippen LogP contribution in [0.15, 0.2) is 24.3 Å². The van der Waals surface area contributed by atoms with Crippen molar-refractivity contribution in [2.75, 3.05) is 11.9 Å². The predicted molar refractivity (Wildman–Crippen MR) is 79.3 cm³/mol. The Labute approximate surface area is 119 Å².